The summed E-state index contributed by atoms with van der Waals surface area (Å²) in [4.78, 5) is 9.21. The molecule has 0 aliphatic heterocycles. The smallest absolute Gasteiger partial charge is 0.261 e. The van der Waals surface area contributed by atoms with Gasteiger partial charge in [-0.1, -0.05) is 39.8 Å². The van der Waals surface area contributed by atoms with E-state index in [2.05, 4.69) is 86.2 Å². The van der Waals surface area contributed by atoms with Crippen molar-refractivity contribution in [1.29, 1.82) is 0 Å². The maximum atomic E-state index is 4.60. The number of hydrogen-bond acceptors (Lipinski definition) is 3. The molecule has 5 rings (SSSR count). The molecular formula is C28H24N2PtS. The van der Waals surface area contributed by atoms with Crippen LogP contribution in [0.5, 0.6) is 0 Å². The fourth-order valence-electron chi connectivity index (χ4n) is 4.09. The minimum atomic E-state index is -0.228. The summed E-state index contributed by atoms with van der Waals surface area (Å²) in [6.45, 7) is 8.84. The molecule has 4 heteroatoms. The molecule has 0 amide bonds. The van der Waals surface area contributed by atoms with Gasteiger partial charge in [-0.3, -0.25) is 21.3 Å². The third-order valence-electron chi connectivity index (χ3n) is 6.24. The summed E-state index contributed by atoms with van der Waals surface area (Å²) < 4.78 is 2.47. The molecule has 162 valence electrons. The first-order chi connectivity index (χ1) is 14.9. The molecule has 0 aliphatic carbocycles. The topological polar surface area (TPSA) is 25.8 Å². The van der Waals surface area contributed by atoms with Gasteiger partial charge in [-0.15, -0.1) is 44.8 Å². The van der Waals surface area contributed by atoms with Crippen molar-refractivity contribution >= 4 is 31.5 Å². The van der Waals surface area contributed by atoms with Crippen LogP contribution in [0.3, 0.4) is 0 Å². The van der Waals surface area contributed by atoms with Gasteiger partial charge in [-0.25, -0.2) is 10.8 Å². The molecule has 3 aromatic heterocycles. The molecule has 0 saturated carbocycles. The van der Waals surface area contributed by atoms with Crippen LogP contribution in [0.15, 0.2) is 73.1 Å². The van der Waals surface area contributed by atoms with Crippen LogP contribution in [0.25, 0.3) is 20.2 Å². The summed E-state index contributed by atoms with van der Waals surface area (Å²) >= 11 is 1.80. The average Bonchev–Trinajstić information content (AvgIpc) is 3.17. The van der Waals surface area contributed by atoms with Gasteiger partial charge >= 0.3 is 21.1 Å². The number of nitrogens with zero attached hydrogens (tertiary/aromatic N) is 2. The van der Waals surface area contributed by atoms with E-state index in [1.807, 2.05) is 36.7 Å². The predicted octanol–water partition coefficient (Wildman–Crippen LogP) is 7.09. The Morgan fingerprint density at radius 1 is 0.625 bits per heavy atom. The Kier molecular flexibility index (Phi) is 6.09. The zero-order valence-corrected chi connectivity index (χ0v) is 21.6. The number of fused-ring (bicyclic) bond motifs is 3. The average molecular weight is 616 g/mol. The fourth-order valence-corrected chi connectivity index (χ4v) is 5.11. The minimum absolute atomic E-state index is 0. The Hall–Kier alpha value is -2.35. The molecule has 0 unspecified atom stereocenters. The monoisotopic (exact) mass is 615 g/mol. The number of aromatic nitrogens is 2. The van der Waals surface area contributed by atoms with Crippen LogP contribution in [0.1, 0.15) is 50.2 Å². The Balaban J connectivity index is 0.00000245. The maximum absolute atomic E-state index is 4.60. The van der Waals surface area contributed by atoms with Crippen molar-refractivity contribution in [2.45, 2.75) is 38.5 Å². The van der Waals surface area contributed by atoms with Gasteiger partial charge in [0.05, 0.1) is 0 Å². The zero-order chi connectivity index (χ0) is 21.6. The molecule has 0 atom stereocenters. The third kappa shape index (κ3) is 3.82. The number of benzene rings is 2. The molecule has 3 heterocycles. The number of rotatable bonds is 4. The Labute approximate surface area is 208 Å². The minimum Gasteiger partial charge on any atom is -0.261 e. The van der Waals surface area contributed by atoms with Gasteiger partial charge < -0.3 is 0 Å². The molecule has 0 N–H and O–H groups in total. The van der Waals surface area contributed by atoms with Crippen LogP contribution in [-0.4, -0.2) is 9.97 Å². The first-order valence-corrected chi connectivity index (χ1v) is 11.3. The molecular weight excluding hydrogens is 591 g/mol. The van der Waals surface area contributed by atoms with E-state index in [4.69, 9.17) is 0 Å². The van der Waals surface area contributed by atoms with E-state index in [1.54, 1.807) is 11.3 Å². The van der Waals surface area contributed by atoms with Gasteiger partial charge in [0, 0.05) is 34.6 Å². The summed E-state index contributed by atoms with van der Waals surface area (Å²) in [5.41, 5.74) is 3.92. The van der Waals surface area contributed by atoms with Crippen molar-refractivity contribution in [3.63, 3.8) is 0 Å². The van der Waals surface area contributed by atoms with Crippen LogP contribution < -0.4 is 0 Å². The van der Waals surface area contributed by atoms with E-state index in [-0.39, 0.29) is 31.9 Å². The summed E-state index contributed by atoms with van der Waals surface area (Å²) in [5, 5.41) is 2.28. The summed E-state index contributed by atoms with van der Waals surface area (Å²) in [5.74, 6) is 0. The molecule has 0 spiro atoms. The summed E-state index contributed by atoms with van der Waals surface area (Å²) in [6, 6.07) is 28.4. The molecule has 0 aliphatic rings. The first-order valence-electron chi connectivity index (χ1n) is 10.5. The Bertz CT molecular complexity index is 1270. The van der Waals surface area contributed by atoms with Crippen LogP contribution in [-0.2, 0) is 31.9 Å². The SMILES string of the molecule is CC(C)(c1[c-]c2c(cc1)sc1ccc(C(C)(C)c3ccccn3)[c-]c12)c1ccccn1.[Pt+2]. The Morgan fingerprint density at radius 3 is 1.44 bits per heavy atom. The van der Waals surface area contributed by atoms with E-state index >= 15 is 0 Å². The number of hydrogen-bond donors (Lipinski definition) is 0. The van der Waals surface area contributed by atoms with E-state index in [1.165, 1.54) is 9.40 Å². The molecule has 32 heavy (non-hydrogen) atoms. The van der Waals surface area contributed by atoms with Crippen molar-refractivity contribution in [1.82, 2.24) is 9.97 Å². The van der Waals surface area contributed by atoms with Gasteiger partial charge in [0.15, 0.2) is 0 Å². The van der Waals surface area contributed by atoms with Crippen LogP contribution in [0.2, 0.25) is 0 Å². The van der Waals surface area contributed by atoms with Gasteiger partial charge in [0.1, 0.15) is 0 Å². The molecule has 0 saturated heterocycles. The van der Waals surface area contributed by atoms with Crippen molar-refractivity contribution in [2.75, 3.05) is 0 Å². The molecule has 0 bridgehead atoms. The zero-order valence-electron chi connectivity index (χ0n) is 18.5. The van der Waals surface area contributed by atoms with Crippen molar-refractivity contribution < 1.29 is 21.1 Å². The third-order valence-corrected chi connectivity index (χ3v) is 7.36. The molecule has 0 fully saturated rings. The normalized spacial score (nSPS) is 12.1. The fraction of sp³-hybridized carbons (Fsp3) is 0.214. The van der Waals surface area contributed by atoms with Gasteiger partial charge in [0.25, 0.3) is 0 Å². The van der Waals surface area contributed by atoms with Crippen LogP contribution in [0, 0.1) is 12.1 Å². The largest absolute Gasteiger partial charge is 2.00 e. The molecule has 5 aromatic rings. The molecule has 2 nitrogen and oxygen atoms in total. The first kappa shape index (κ1) is 22.8. The van der Waals surface area contributed by atoms with Gasteiger partial charge in [-0.2, -0.15) is 12.1 Å². The Morgan fingerprint density at radius 2 is 1.06 bits per heavy atom. The second-order valence-corrected chi connectivity index (χ2v) is 10.1. The van der Waals surface area contributed by atoms with Crippen LogP contribution >= 0.6 is 11.3 Å². The number of thiophene rings is 1. The summed E-state index contributed by atoms with van der Waals surface area (Å²) in [7, 11) is 0. The second-order valence-electron chi connectivity index (χ2n) is 9.00. The van der Waals surface area contributed by atoms with Crippen molar-refractivity contribution in [3.8, 4) is 0 Å². The maximum Gasteiger partial charge on any atom is 2.00 e. The van der Waals surface area contributed by atoms with E-state index in [9.17, 15) is 0 Å². The van der Waals surface area contributed by atoms with E-state index in [0.717, 1.165) is 33.3 Å². The molecule has 0 radical (unpaired) electrons. The second kappa shape index (κ2) is 8.54. The quantitative estimate of drug-likeness (QED) is 0.202. The standard InChI is InChI=1S/C28H24N2S.Pt/c1-27(2,25-9-5-7-15-29-25)19-11-13-23-21(17-19)22-18-20(12-14-24(22)31-23)28(3,4)26-10-6-8-16-30-26;/h5-16H,1-4H3;/q-2;+2. The summed E-state index contributed by atoms with van der Waals surface area (Å²) in [6.07, 6.45) is 3.71. The van der Waals surface area contributed by atoms with Crippen LogP contribution in [0.4, 0.5) is 0 Å². The number of pyridine rings is 2. The van der Waals surface area contributed by atoms with Crippen molar-refractivity contribution in [2.24, 2.45) is 0 Å². The van der Waals surface area contributed by atoms with Gasteiger partial charge in [0.2, 0.25) is 0 Å². The van der Waals surface area contributed by atoms with E-state index < -0.39 is 0 Å². The molecule has 2 aromatic carbocycles. The van der Waals surface area contributed by atoms with Crippen molar-refractivity contribution in [3.05, 3.63) is 108 Å². The van der Waals surface area contributed by atoms with Gasteiger partial charge in [-0.05, 0) is 24.3 Å². The van der Waals surface area contributed by atoms with E-state index in [0.29, 0.717) is 0 Å². The predicted molar refractivity (Wildman–Crippen MR) is 130 cm³/mol.